The normalized spacial score (nSPS) is 34.0. The molecule has 5 heteroatoms. The predicted molar refractivity (Wildman–Crippen MR) is 94.2 cm³/mol. The van der Waals surface area contributed by atoms with Gasteiger partial charge in [-0.25, -0.2) is 0 Å². The van der Waals surface area contributed by atoms with Crippen molar-refractivity contribution >= 4 is 11.8 Å². The number of likely N-dealkylation sites (tertiary alicyclic amines) is 1. The lowest BCUT2D eigenvalue weighted by atomic mass is 9.67. The molecule has 24 heavy (non-hydrogen) atoms. The second-order valence-electron chi connectivity index (χ2n) is 8.12. The summed E-state index contributed by atoms with van der Waals surface area (Å²) in [6.45, 7) is 3.50. The van der Waals surface area contributed by atoms with Gasteiger partial charge in [-0.1, -0.05) is 13.3 Å². The van der Waals surface area contributed by atoms with Crippen molar-refractivity contribution < 1.29 is 9.59 Å². The molecule has 0 aromatic carbocycles. The van der Waals surface area contributed by atoms with Crippen LogP contribution in [0.2, 0.25) is 0 Å². The molecule has 0 aromatic heterocycles. The zero-order chi connectivity index (χ0) is 17.1. The molecule has 5 nitrogen and oxygen atoms in total. The maximum Gasteiger partial charge on any atom is 0.223 e. The molecule has 1 heterocycles. The molecule has 3 N–H and O–H groups in total. The first-order valence-electron chi connectivity index (χ1n) is 9.92. The van der Waals surface area contributed by atoms with Crippen molar-refractivity contribution in [3.63, 3.8) is 0 Å². The molecule has 0 spiro atoms. The minimum Gasteiger partial charge on any atom is -0.353 e. The Morgan fingerprint density at radius 2 is 1.71 bits per heavy atom. The van der Waals surface area contributed by atoms with E-state index in [2.05, 4.69) is 5.32 Å². The second kappa shape index (κ2) is 7.85. The molecular weight excluding hydrogens is 302 g/mol. The minimum atomic E-state index is 0.0759. The Kier molecular flexibility index (Phi) is 5.80. The van der Waals surface area contributed by atoms with Gasteiger partial charge in [0.05, 0.1) is 0 Å². The van der Waals surface area contributed by atoms with Crippen LogP contribution in [0.3, 0.4) is 0 Å². The Morgan fingerprint density at radius 1 is 1.08 bits per heavy atom. The van der Waals surface area contributed by atoms with Crippen LogP contribution in [0.25, 0.3) is 0 Å². The van der Waals surface area contributed by atoms with Gasteiger partial charge >= 0.3 is 0 Å². The molecule has 0 radical (unpaired) electrons. The maximum absolute atomic E-state index is 12.7. The Hall–Kier alpha value is -1.10. The number of hydrogen-bond donors (Lipinski definition) is 2. The van der Waals surface area contributed by atoms with Gasteiger partial charge in [-0.3, -0.25) is 9.59 Å². The molecule has 2 atom stereocenters. The number of carbonyl (C=O) groups excluding carboxylic acids is 2. The largest absolute Gasteiger partial charge is 0.353 e. The van der Waals surface area contributed by atoms with Gasteiger partial charge in [-0.2, -0.15) is 0 Å². The van der Waals surface area contributed by atoms with E-state index < -0.39 is 0 Å². The molecule has 2 saturated carbocycles. The number of rotatable bonds is 4. The summed E-state index contributed by atoms with van der Waals surface area (Å²) in [4.78, 5) is 26.6. The number of nitrogens with zero attached hydrogens (tertiary/aromatic N) is 1. The first kappa shape index (κ1) is 17.7. The number of amides is 2. The summed E-state index contributed by atoms with van der Waals surface area (Å²) in [5, 5.41) is 3.38. The van der Waals surface area contributed by atoms with Gasteiger partial charge in [0, 0.05) is 37.5 Å². The summed E-state index contributed by atoms with van der Waals surface area (Å²) in [5.41, 5.74) is 6.18. The van der Waals surface area contributed by atoms with Gasteiger partial charge in [0.2, 0.25) is 11.8 Å². The number of carbonyl (C=O) groups is 2. The standard InChI is InChI=1S/C19H33N3O2/c1-2-4-17(23)22-9-7-13(8-10-22)19(24)21-18-14-5-3-6-15(18)12-16(20)11-14/h13-16,18H,2-12,20H2,1H3,(H,21,24). The Morgan fingerprint density at radius 3 is 2.29 bits per heavy atom. The minimum absolute atomic E-state index is 0.0759. The summed E-state index contributed by atoms with van der Waals surface area (Å²) >= 11 is 0. The smallest absolute Gasteiger partial charge is 0.223 e. The van der Waals surface area contributed by atoms with Crippen molar-refractivity contribution in [3.05, 3.63) is 0 Å². The van der Waals surface area contributed by atoms with Gasteiger partial charge in [0.25, 0.3) is 0 Å². The van der Waals surface area contributed by atoms with Crippen LogP contribution in [0.1, 0.15) is 64.7 Å². The lowest BCUT2D eigenvalue weighted by Crippen LogP contribution is -2.55. The first-order chi connectivity index (χ1) is 11.6. The van der Waals surface area contributed by atoms with E-state index in [0.717, 1.165) is 45.2 Å². The van der Waals surface area contributed by atoms with Gasteiger partial charge in [0.15, 0.2) is 0 Å². The molecule has 136 valence electrons. The fourth-order valence-corrected chi connectivity index (χ4v) is 5.07. The van der Waals surface area contributed by atoms with Gasteiger partial charge in [-0.05, 0) is 56.8 Å². The number of nitrogens with two attached hydrogens (primary N) is 1. The molecule has 2 amide bonds. The molecule has 1 saturated heterocycles. The van der Waals surface area contributed by atoms with E-state index in [9.17, 15) is 9.59 Å². The van der Waals surface area contributed by atoms with Crippen molar-refractivity contribution in [2.24, 2.45) is 23.5 Å². The van der Waals surface area contributed by atoms with Crippen LogP contribution in [-0.2, 0) is 9.59 Å². The summed E-state index contributed by atoms with van der Waals surface area (Å²) in [5.74, 6) is 1.68. The molecule has 2 bridgehead atoms. The van der Waals surface area contributed by atoms with Crippen molar-refractivity contribution in [2.75, 3.05) is 13.1 Å². The average Bonchev–Trinajstić information content (AvgIpc) is 2.56. The van der Waals surface area contributed by atoms with Gasteiger partial charge < -0.3 is 16.0 Å². The van der Waals surface area contributed by atoms with Crippen LogP contribution in [0.15, 0.2) is 0 Å². The van der Waals surface area contributed by atoms with Crippen LogP contribution < -0.4 is 11.1 Å². The third-order valence-electron chi connectivity index (χ3n) is 6.37. The van der Waals surface area contributed by atoms with E-state index in [1.165, 1.54) is 19.3 Å². The van der Waals surface area contributed by atoms with Crippen molar-refractivity contribution in [1.82, 2.24) is 10.2 Å². The highest BCUT2D eigenvalue weighted by Gasteiger charge is 2.40. The van der Waals surface area contributed by atoms with Crippen LogP contribution in [0.4, 0.5) is 0 Å². The molecule has 1 aliphatic heterocycles. The van der Waals surface area contributed by atoms with Crippen LogP contribution in [-0.4, -0.2) is 41.9 Å². The van der Waals surface area contributed by atoms with E-state index in [0.29, 0.717) is 30.3 Å². The Labute approximate surface area is 145 Å². The molecule has 0 aromatic rings. The monoisotopic (exact) mass is 335 g/mol. The fraction of sp³-hybridized carbons (Fsp3) is 0.895. The predicted octanol–water partition coefficient (Wildman–Crippen LogP) is 2.05. The summed E-state index contributed by atoms with van der Waals surface area (Å²) in [6.07, 6.45) is 8.96. The van der Waals surface area contributed by atoms with Gasteiger partial charge in [-0.15, -0.1) is 0 Å². The van der Waals surface area contributed by atoms with E-state index >= 15 is 0 Å². The number of fused-ring (bicyclic) bond motifs is 2. The number of nitrogens with one attached hydrogen (secondary N) is 1. The summed E-state index contributed by atoms with van der Waals surface area (Å²) < 4.78 is 0. The zero-order valence-corrected chi connectivity index (χ0v) is 15.0. The molecule has 2 aliphatic carbocycles. The molecule has 3 aliphatic rings. The van der Waals surface area contributed by atoms with E-state index in [1.807, 2.05) is 11.8 Å². The molecule has 3 rings (SSSR count). The second-order valence-corrected chi connectivity index (χ2v) is 8.12. The SMILES string of the molecule is CCCC(=O)N1CCC(C(=O)NC2C3CCCC2CC(N)C3)CC1. The van der Waals surface area contributed by atoms with Crippen LogP contribution in [0, 0.1) is 17.8 Å². The van der Waals surface area contributed by atoms with Crippen molar-refractivity contribution in [1.29, 1.82) is 0 Å². The Balaban J connectivity index is 1.50. The highest BCUT2D eigenvalue weighted by Crippen LogP contribution is 2.39. The Bertz CT molecular complexity index is 446. The highest BCUT2D eigenvalue weighted by atomic mass is 16.2. The van der Waals surface area contributed by atoms with Crippen molar-refractivity contribution in [2.45, 2.75) is 76.8 Å². The third-order valence-corrected chi connectivity index (χ3v) is 6.37. The summed E-state index contributed by atoms with van der Waals surface area (Å²) in [7, 11) is 0. The quantitative estimate of drug-likeness (QED) is 0.825. The van der Waals surface area contributed by atoms with Crippen LogP contribution >= 0.6 is 0 Å². The van der Waals surface area contributed by atoms with E-state index in [4.69, 9.17) is 5.73 Å². The van der Waals surface area contributed by atoms with Crippen LogP contribution in [0.5, 0.6) is 0 Å². The average molecular weight is 335 g/mol. The fourth-order valence-electron chi connectivity index (χ4n) is 5.07. The molecular formula is C19H33N3O2. The van der Waals surface area contributed by atoms with E-state index in [1.54, 1.807) is 0 Å². The summed E-state index contributed by atoms with van der Waals surface area (Å²) in [6, 6.07) is 0.659. The zero-order valence-electron chi connectivity index (χ0n) is 15.0. The maximum atomic E-state index is 12.7. The van der Waals surface area contributed by atoms with Crippen molar-refractivity contribution in [3.8, 4) is 0 Å². The number of hydrogen-bond acceptors (Lipinski definition) is 3. The van der Waals surface area contributed by atoms with E-state index in [-0.39, 0.29) is 17.7 Å². The highest BCUT2D eigenvalue weighted by molar-refractivity contribution is 5.80. The molecule has 2 unspecified atom stereocenters. The molecule has 3 fully saturated rings. The number of piperidine rings is 1. The third kappa shape index (κ3) is 3.93. The lowest BCUT2D eigenvalue weighted by molar-refractivity contribution is -0.136. The topological polar surface area (TPSA) is 75.4 Å². The van der Waals surface area contributed by atoms with Gasteiger partial charge in [0.1, 0.15) is 0 Å². The lowest BCUT2D eigenvalue weighted by Gasteiger charge is -2.45. The first-order valence-corrected chi connectivity index (χ1v) is 9.92.